The number of likely N-dealkylation sites (tertiary alicyclic amines) is 1. The van der Waals surface area contributed by atoms with Crippen LogP contribution in [0.2, 0.25) is 10.2 Å². The molecule has 0 aromatic carbocycles. The van der Waals surface area contributed by atoms with Crippen LogP contribution in [-0.4, -0.2) is 34.4 Å². The predicted molar refractivity (Wildman–Crippen MR) is 68.5 cm³/mol. The molecule has 2 atom stereocenters. The second-order valence-corrected chi connectivity index (χ2v) is 5.26. The summed E-state index contributed by atoms with van der Waals surface area (Å²) in [5, 5.41) is 0.674. The second-order valence-electron chi connectivity index (χ2n) is 4.48. The number of piperidine rings is 1. The molecule has 1 amide bonds. The molecule has 94 valence electrons. The fraction of sp³-hybridized carbons (Fsp3) is 0.545. The van der Waals surface area contributed by atoms with E-state index in [0.717, 1.165) is 12.8 Å². The Kier molecular flexibility index (Phi) is 3.66. The number of nitrogens with one attached hydrogen (secondary N) is 1. The van der Waals surface area contributed by atoms with Gasteiger partial charge < -0.3 is 15.6 Å². The van der Waals surface area contributed by atoms with Crippen LogP contribution in [0.25, 0.3) is 0 Å². The number of nitrogens with zero attached hydrogens (tertiary/aromatic N) is 1. The molecule has 0 unspecified atom stereocenters. The normalized spacial score (nSPS) is 25.1. The van der Waals surface area contributed by atoms with Gasteiger partial charge in [-0.25, -0.2) is 0 Å². The molecular weight excluding hydrogens is 261 g/mol. The van der Waals surface area contributed by atoms with Crippen molar-refractivity contribution in [2.75, 3.05) is 6.54 Å². The number of aromatic amines is 1. The lowest BCUT2D eigenvalue weighted by Crippen LogP contribution is -2.48. The molecule has 17 heavy (non-hydrogen) atoms. The molecule has 2 heterocycles. The number of halogens is 2. The molecule has 6 heteroatoms. The first-order valence-corrected chi connectivity index (χ1v) is 6.35. The summed E-state index contributed by atoms with van der Waals surface area (Å²) in [6.07, 6.45) is 1.66. The lowest BCUT2D eigenvalue weighted by atomic mass is 9.99. The number of carbonyl (C=O) groups is 1. The van der Waals surface area contributed by atoms with E-state index < -0.39 is 0 Å². The summed E-state index contributed by atoms with van der Waals surface area (Å²) in [6, 6.07) is 1.89. The van der Waals surface area contributed by atoms with Crippen LogP contribution in [0.1, 0.15) is 30.3 Å². The zero-order valence-corrected chi connectivity index (χ0v) is 11.1. The Morgan fingerprint density at radius 3 is 2.82 bits per heavy atom. The SMILES string of the molecule is C[C@H]1C[C@H](N)CCN1C(=O)c1cc(Cl)c(Cl)[nH]1. The van der Waals surface area contributed by atoms with Crippen LogP contribution in [-0.2, 0) is 0 Å². The third-order valence-electron chi connectivity index (χ3n) is 3.13. The second kappa shape index (κ2) is 4.88. The summed E-state index contributed by atoms with van der Waals surface area (Å²) < 4.78 is 0. The molecule has 1 fully saturated rings. The van der Waals surface area contributed by atoms with Gasteiger partial charge in [0.05, 0.1) is 5.02 Å². The van der Waals surface area contributed by atoms with Crippen molar-refractivity contribution in [2.45, 2.75) is 31.8 Å². The third-order valence-corrected chi connectivity index (χ3v) is 3.83. The molecule has 0 bridgehead atoms. The van der Waals surface area contributed by atoms with Crippen molar-refractivity contribution in [3.8, 4) is 0 Å². The Labute approximate surface area is 110 Å². The van der Waals surface area contributed by atoms with Gasteiger partial charge >= 0.3 is 0 Å². The fourth-order valence-electron chi connectivity index (χ4n) is 2.18. The largest absolute Gasteiger partial charge is 0.340 e. The maximum Gasteiger partial charge on any atom is 0.270 e. The Morgan fingerprint density at radius 1 is 1.59 bits per heavy atom. The zero-order chi connectivity index (χ0) is 12.6. The molecule has 2 rings (SSSR count). The standard InChI is InChI=1S/C11H15Cl2N3O/c1-6-4-7(14)2-3-16(6)11(17)9-5-8(12)10(13)15-9/h5-7,15H,2-4,14H2,1H3/t6-,7+/m0/s1. The van der Waals surface area contributed by atoms with Crippen LogP contribution in [0.4, 0.5) is 0 Å². The number of H-pyrrole nitrogens is 1. The fourth-order valence-corrected chi connectivity index (χ4v) is 2.50. The van der Waals surface area contributed by atoms with E-state index in [1.165, 1.54) is 0 Å². The van der Waals surface area contributed by atoms with E-state index in [-0.39, 0.29) is 18.0 Å². The minimum atomic E-state index is -0.0711. The van der Waals surface area contributed by atoms with E-state index >= 15 is 0 Å². The summed E-state index contributed by atoms with van der Waals surface area (Å²) in [4.78, 5) is 16.8. The van der Waals surface area contributed by atoms with Crippen molar-refractivity contribution in [1.29, 1.82) is 0 Å². The first-order chi connectivity index (χ1) is 7.99. The first kappa shape index (κ1) is 12.7. The summed E-state index contributed by atoms with van der Waals surface area (Å²) in [7, 11) is 0. The molecule has 0 spiro atoms. The van der Waals surface area contributed by atoms with Crippen molar-refractivity contribution < 1.29 is 4.79 Å². The quantitative estimate of drug-likeness (QED) is 0.826. The highest BCUT2D eigenvalue weighted by atomic mass is 35.5. The number of nitrogens with two attached hydrogens (primary N) is 1. The highest BCUT2D eigenvalue weighted by molar-refractivity contribution is 6.41. The number of rotatable bonds is 1. The van der Waals surface area contributed by atoms with Crippen molar-refractivity contribution >= 4 is 29.1 Å². The Morgan fingerprint density at radius 2 is 2.29 bits per heavy atom. The summed E-state index contributed by atoms with van der Waals surface area (Å²) in [5.74, 6) is -0.0711. The van der Waals surface area contributed by atoms with E-state index in [0.29, 0.717) is 22.4 Å². The van der Waals surface area contributed by atoms with E-state index in [1.54, 1.807) is 6.07 Å². The van der Waals surface area contributed by atoms with E-state index in [1.807, 2.05) is 11.8 Å². The predicted octanol–water partition coefficient (Wildman–Crippen LogP) is 2.27. The lowest BCUT2D eigenvalue weighted by molar-refractivity contribution is 0.0613. The van der Waals surface area contributed by atoms with Gasteiger partial charge in [0.25, 0.3) is 5.91 Å². The van der Waals surface area contributed by atoms with Gasteiger partial charge in [-0.15, -0.1) is 0 Å². The van der Waals surface area contributed by atoms with Crippen molar-refractivity contribution in [2.24, 2.45) is 5.73 Å². The average molecular weight is 276 g/mol. The molecule has 0 radical (unpaired) electrons. The van der Waals surface area contributed by atoms with Gasteiger partial charge in [0.15, 0.2) is 0 Å². The van der Waals surface area contributed by atoms with Gasteiger partial charge in [0.1, 0.15) is 10.8 Å². The van der Waals surface area contributed by atoms with Gasteiger partial charge in [-0.05, 0) is 25.8 Å². The molecule has 1 aromatic heterocycles. The van der Waals surface area contributed by atoms with E-state index in [4.69, 9.17) is 28.9 Å². The number of amides is 1. The molecule has 4 nitrogen and oxygen atoms in total. The molecular formula is C11H15Cl2N3O. The lowest BCUT2D eigenvalue weighted by Gasteiger charge is -2.36. The molecule has 0 saturated carbocycles. The third kappa shape index (κ3) is 2.59. The molecule has 1 aromatic rings. The summed E-state index contributed by atoms with van der Waals surface area (Å²) >= 11 is 11.6. The van der Waals surface area contributed by atoms with E-state index in [9.17, 15) is 4.79 Å². The monoisotopic (exact) mass is 275 g/mol. The van der Waals surface area contributed by atoms with Gasteiger partial charge in [0, 0.05) is 18.6 Å². The number of carbonyl (C=O) groups excluding carboxylic acids is 1. The smallest absolute Gasteiger partial charge is 0.270 e. The maximum atomic E-state index is 12.2. The Hall–Kier alpha value is -0.710. The van der Waals surface area contributed by atoms with Crippen molar-refractivity contribution in [1.82, 2.24) is 9.88 Å². The minimum Gasteiger partial charge on any atom is -0.340 e. The van der Waals surface area contributed by atoms with Crippen molar-refractivity contribution in [3.05, 3.63) is 21.9 Å². The zero-order valence-electron chi connectivity index (χ0n) is 9.54. The van der Waals surface area contributed by atoms with Gasteiger partial charge in [-0.1, -0.05) is 23.2 Å². The molecule has 1 aliphatic rings. The van der Waals surface area contributed by atoms with Crippen LogP contribution < -0.4 is 5.73 Å². The Balaban J connectivity index is 2.14. The van der Waals surface area contributed by atoms with Gasteiger partial charge in [0.2, 0.25) is 0 Å². The number of hydrogen-bond donors (Lipinski definition) is 2. The van der Waals surface area contributed by atoms with Gasteiger partial charge in [-0.3, -0.25) is 4.79 Å². The van der Waals surface area contributed by atoms with Crippen LogP contribution in [0.15, 0.2) is 6.07 Å². The summed E-state index contributed by atoms with van der Waals surface area (Å²) in [5.41, 5.74) is 6.30. The molecule has 0 aliphatic carbocycles. The molecule has 1 aliphatic heterocycles. The van der Waals surface area contributed by atoms with Crippen LogP contribution >= 0.6 is 23.2 Å². The van der Waals surface area contributed by atoms with Crippen LogP contribution in [0, 0.1) is 0 Å². The average Bonchev–Trinajstić information content (AvgIpc) is 2.58. The number of hydrogen-bond acceptors (Lipinski definition) is 2. The Bertz CT molecular complexity index is 413. The molecule has 1 saturated heterocycles. The topological polar surface area (TPSA) is 62.1 Å². The number of aromatic nitrogens is 1. The molecule has 3 N–H and O–H groups in total. The van der Waals surface area contributed by atoms with E-state index in [2.05, 4.69) is 4.98 Å². The summed E-state index contributed by atoms with van der Waals surface area (Å²) in [6.45, 7) is 2.68. The first-order valence-electron chi connectivity index (χ1n) is 5.59. The van der Waals surface area contributed by atoms with Gasteiger partial charge in [-0.2, -0.15) is 0 Å². The highest BCUT2D eigenvalue weighted by Crippen LogP contribution is 2.24. The minimum absolute atomic E-state index is 0.0711. The highest BCUT2D eigenvalue weighted by Gasteiger charge is 2.28. The van der Waals surface area contributed by atoms with Crippen molar-refractivity contribution in [3.63, 3.8) is 0 Å². The van der Waals surface area contributed by atoms with Crippen LogP contribution in [0.3, 0.4) is 0 Å². The maximum absolute atomic E-state index is 12.2. The van der Waals surface area contributed by atoms with Crippen LogP contribution in [0.5, 0.6) is 0 Å².